The summed E-state index contributed by atoms with van der Waals surface area (Å²) < 4.78 is 7.59. The number of thiophene rings is 1. The van der Waals surface area contributed by atoms with Gasteiger partial charge in [-0.3, -0.25) is 4.79 Å². The first kappa shape index (κ1) is 24.6. The van der Waals surface area contributed by atoms with Gasteiger partial charge in [0.15, 0.2) is 5.65 Å². The van der Waals surface area contributed by atoms with Crippen molar-refractivity contribution in [3.8, 4) is 11.3 Å². The predicted molar refractivity (Wildman–Crippen MR) is 148 cm³/mol. The van der Waals surface area contributed by atoms with E-state index in [-0.39, 0.29) is 12.0 Å². The summed E-state index contributed by atoms with van der Waals surface area (Å²) in [6.45, 7) is 14.8. The van der Waals surface area contributed by atoms with Crippen molar-refractivity contribution in [1.29, 1.82) is 0 Å². The lowest BCUT2D eigenvalue weighted by Crippen LogP contribution is -2.51. The summed E-state index contributed by atoms with van der Waals surface area (Å²) in [6.07, 6.45) is 5.40. The second-order valence-corrected chi connectivity index (χ2v) is 11.9. The van der Waals surface area contributed by atoms with Crippen molar-refractivity contribution < 1.29 is 9.53 Å². The first-order chi connectivity index (χ1) is 17.8. The van der Waals surface area contributed by atoms with Crippen LogP contribution in [0.1, 0.15) is 65.7 Å². The molecule has 8 nitrogen and oxygen atoms in total. The molecular formula is C28H36N6O2S. The molecule has 0 unspecified atom stereocenters. The number of pyridine rings is 1. The second kappa shape index (κ2) is 9.53. The lowest BCUT2D eigenvalue weighted by molar-refractivity contribution is -0.146. The van der Waals surface area contributed by atoms with Gasteiger partial charge >= 0.3 is 0 Å². The quantitative estimate of drug-likeness (QED) is 0.408. The Labute approximate surface area is 221 Å². The molecule has 0 spiro atoms. The smallest absolute Gasteiger partial charge is 0.253 e. The van der Waals surface area contributed by atoms with Crippen LogP contribution < -0.4 is 5.32 Å². The summed E-state index contributed by atoms with van der Waals surface area (Å²) in [6, 6.07) is 0. The number of morpholine rings is 1. The number of aromatic amines is 1. The van der Waals surface area contributed by atoms with Gasteiger partial charge in [-0.05, 0) is 67.7 Å². The van der Waals surface area contributed by atoms with Crippen molar-refractivity contribution in [3.63, 3.8) is 0 Å². The highest BCUT2D eigenvalue weighted by Gasteiger charge is 2.32. The van der Waals surface area contributed by atoms with Crippen LogP contribution in [-0.4, -0.2) is 69.3 Å². The highest BCUT2D eigenvalue weighted by Crippen LogP contribution is 2.46. The second-order valence-electron chi connectivity index (χ2n) is 10.8. The van der Waals surface area contributed by atoms with E-state index in [4.69, 9.17) is 4.74 Å². The minimum Gasteiger partial charge on any atom is -0.366 e. The van der Waals surface area contributed by atoms with Crippen molar-refractivity contribution in [2.75, 3.05) is 32.8 Å². The molecule has 0 radical (unpaired) electrons. The van der Waals surface area contributed by atoms with E-state index in [1.165, 1.54) is 43.0 Å². The van der Waals surface area contributed by atoms with Gasteiger partial charge in [0, 0.05) is 48.2 Å². The summed E-state index contributed by atoms with van der Waals surface area (Å²) in [5.74, 6) is 1.00. The van der Waals surface area contributed by atoms with E-state index in [1.54, 1.807) is 6.33 Å². The Hall–Kier alpha value is -2.75. The van der Waals surface area contributed by atoms with Gasteiger partial charge in [0.2, 0.25) is 0 Å². The Morgan fingerprint density at radius 1 is 1.16 bits per heavy atom. The molecule has 2 saturated heterocycles. The number of amides is 1. The van der Waals surface area contributed by atoms with Gasteiger partial charge in [0.1, 0.15) is 17.3 Å². The predicted octanol–water partition coefficient (Wildman–Crippen LogP) is 4.68. The zero-order chi connectivity index (χ0) is 25.8. The topological polar surface area (TPSA) is 87.5 Å². The molecule has 2 fully saturated rings. The first-order valence-electron chi connectivity index (χ1n) is 13.4. The average molecular weight is 521 g/mol. The molecule has 2 N–H and O–H groups in total. The van der Waals surface area contributed by atoms with E-state index in [9.17, 15) is 4.79 Å². The lowest BCUT2D eigenvalue weighted by Gasteiger charge is -2.35. The molecule has 4 aromatic heterocycles. The monoisotopic (exact) mass is 520 g/mol. The number of carbonyl (C=O) groups excluding carboxylic acids is 1. The van der Waals surface area contributed by atoms with Gasteiger partial charge in [0.25, 0.3) is 5.91 Å². The zero-order valence-corrected chi connectivity index (χ0v) is 23.2. The van der Waals surface area contributed by atoms with Crippen LogP contribution in [0, 0.1) is 20.8 Å². The summed E-state index contributed by atoms with van der Waals surface area (Å²) in [5, 5.41) is 9.07. The van der Waals surface area contributed by atoms with E-state index >= 15 is 0 Å². The number of rotatable bonds is 4. The third-order valence-electron chi connectivity index (χ3n) is 8.31. The van der Waals surface area contributed by atoms with Crippen LogP contribution in [0.4, 0.5) is 0 Å². The summed E-state index contributed by atoms with van der Waals surface area (Å²) in [7, 11) is 0. The molecular weight excluding hydrogens is 484 g/mol. The molecule has 4 aromatic rings. The van der Waals surface area contributed by atoms with Gasteiger partial charge in [-0.2, -0.15) is 5.10 Å². The van der Waals surface area contributed by atoms with Gasteiger partial charge in [-0.25, -0.2) is 9.50 Å². The number of nitrogens with one attached hydrogen (secondary N) is 2. The number of hydrogen-bond acceptors (Lipinski definition) is 6. The van der Waals surface area contributed by atoms with E-state index < -0.39 is 0 Å². The van der Waals surface area contributed by atoms with Crippen molar-refractivity contribution in [1.82, 2.24) is 29.8 Å². The molecule has 196 valence electrons. The highest BCUT2D eigenvalue weighted by molar-refractivity contribution is 7.19. The Morgan fingerprint density at radius 3 is 2.65 bits per heavy atom. The van der Waals surface area contributed by atoms with Gasteiger partial charge in [-0.1, -0.05) is 13.8 Å². The molecule has 1 amide bonds. The molecule has 0 bridgehead atoms. The zero-order valence-electron chi connectivity index (χ0n) is 22.4. The fourth-order valence-electron chi connectivity index (χ4n) is 6.17. The number of nitrogens with zero attached hydrogens (tertiary/aromatic N) is 4. The van der Waals surface area contributed by atoms with Gasteiger partial charge < -0.3 is 19.9 Å². The Morgan fingerprint density at radius 2 is 1.95 bits per heavy atom. The summed E-state index contributed by atoms with van der Waals surface area (Å²) >= 11 is 1.90. The summed E-state index contributed by atoms with van der Waals surface area (Å²) in [4.78, 5) is 25.9. The molecule has 0 aliphatic carbocycles. The molecule has 6 rings (SSSR count). The Kier molecular flexibility index (Phi) is 6.33. The van der Waals surface area contributed by atoms with E-state index in [1.807, 2.05) is 20.8 Å². The summed E-state index contributed by atoms with van der Waals surface area (Å²) in [5.41, 5.74) is 8.48. The number of likely N-dealkylation sites (tertiary alicyclic amines) is 1. The number of aryl methyl sites for hydroxylation is 2. The standard InChI is InChI=1S/C28H36N6O2S/c1-15(2)22-23-18(5)25(19-6-9-33(10-7-19)28(35)21-12-29-8-11-36-21)37-27(23)32-24(22)20-13-34-26(30-14-31-34)17(4)16(20)3/h13-15,19,21,29,32H,6-12H2,1-5H3/t21-/m1/s1. The third kappa shape index (κ3) is 4.08. The van der Waals surface area contributed by atoms with Crippen LogP contribution in [0.2, 0.25) is 0 Å². The number of carbonyl (C=O) groups is 1. The molecule has 0 saturated carbocycles. The van der Waals surface area contributed by atoms with Crippen LogP contribution >= 0.6 is 11.3 Å². The number of ether oxygens (including phenoxy) is 1. The molecule has 37 heavy (non-hydrogen) atoms. The van der Waals surface area contributed by atoms with E-state index in [0.717, 1.165) is 43.7 Å². The van der Waals surface area contributed by atoms with Crippen LogP contribution in [0.25, 0.3) is 27.1 Å². The normalized spacial score (nSPS) is 19.5. The van der Waals surface area contributed by atoms with Gasteiger partial charge in [0.05, 0.1) is 12.3 Å². The molecule has 2 aliphatic heterocycles. The van der Waals surface area contributed by atoms with Crippen LogP contribution in [-0.2, 0) is 9.53 Å². The minimum absolute atomic E-state index is 0.141. The number of hydrogen-bond donors (Lipinski definition) is 2. The molecule has 2 aliphatic rings. The fraction of sp³-hybridized carbons (Fsp3) is 0.536. The molecule has 1 atom stereocenters. The molecule has 6 heterocycles. The first-order valence-corrected chi connectivity index (χ1v) is 14.2. The van der Waals surface area contributed by atoms with Crippen LogP contribution in [0.5, 0.6) is 0 Å². The van der Waals surface area contributed by atoms with Crippen LogP contribution in [0.3, 0.4) is 0 Å². The maximum Gasteiger partial charge on any atom is 0.253 e. The number of aromatic nitrogens is 4. The SMILES string of the molecule is Cc1c(-c2[nH]c3sc(C4CCN(C(=O)[C@H]5CNCCO5)CC4)c(C)c3c2C(C)C)cn2ncnc2c1C. The maximum atomic E-state index is 12.9. The Bertz CT molecular complexity index is 1470. The van der Waals surface area contributed by atoms with Crippen molar-refractivity contribution in [2.45, 2.75) is 65.4 Å². The van der Waals surface area contributed by atoms with E-state index in [0.29, 0.717) is 25.0 Å². The minimum atomic E-state index is -0.331. The molecule has 0 aromatic carbocycles. The van der Waals surface area contributed by atoms with Crippen LogP contribution in [0.15, 0.2) is 12.5 Å². The third-order valence-corrected chi connectivity index (χ3v) is 9.68. The van der Waals surface area contributed by atoms with Crippen molar-refractivity contribution in [3.05, 3.63) is 39.7 Å². The number of piperidine rings is 1. The lowest BCUT2D eigenvalue weighted by atomic mass is 9.89. The number of H-pyrrole nitrogens is 1. The molecule has 9 heteroatoms. The number of fused-ring (bicyclic) bond motifs is 2. The Balaban J connectivity index is 1.31. The van der Waals surface area contributed by atoms with Crippen molar-refractivity contribution in [2.24, 2.45) is 0 Å². The maximum absolute atomic E-state index is 12.9. The van der Waals surface area contributed by atoms with E-state index in [2.05, 4.69) is 61.2 Å². The fourth-order valence-corrected chi connectivity index (χ4v) is 7.57. The van der Waals surface area contributed by atoms with Crippen molar-refractivity contribution >= 4 is 33.1 Å². The van der Waals surface area contributed by atoms with Gasteiger partial charge in [-0.15, -0.1) is 11.3 Å². The highest BCUT2D eigenvalue weighted by atomic mass is 32.1. The largest absolute Gasteiger partial charge is 0.366 e. The average Bonchev–Trinajstić information content (AvgIpc) is 3.61.